The highest BCUT2D eigenvalue weighted by Crippen LogP contribution is 2.27. The van der Waals surface area contributed by atoms with Gasteiger partial charge in [-0.2, -0.15) is 0 Å². The Bertz CT molecular complexity index is 559. The van der Waals surface area contributed by atoms with Crippen LogP contribution in [-0.4, -0.2) is 5.78 Å². The molecule has 2 aromatic carbocycles. The largest absolute Gasteiger partial charge is 0.293 e. The Balaban J connectivity index is 2.00. The number of ketones is 1. The molecular weight excluding hydrogens is 280 g/mol. The molecule has 0 heterocycles. The fourth-order valence-electron chi connectivity index (χ4n) is 3.07. The molecule has 23 heavy (non-hydrogen) atoms. The maximum Gasteiger partial charge on any atom is 0.170 e. The molecule has 0 N–H and O–H groups in total. The van der Waals surface area contributed by atoms with Crippen LogP contribution >= 0.6 is 0 Å². The highest BCUT2D eigenvalue weighted by atomic mass is 16.1. The van der Waals surface area contributed by atoms with E-state index in [0.29, 0.717) is 0 Å². The van der Waals surface area contributed by atoms with Crippen molar-refractivity contribution in [2.75, 3.05) is 0 Å². The van der Waals surface area contributed by atoms with Gasteiger partial charge in [-0.1, -0.05) is 106 Å². The normalized spacial score (nSPS) is 12.0. The molecule has 2 aromatic rings. The van der Waals surface area contributed by atoms with E-state index >= 15 is 0 Å². The zero-order valence-corrected chi connectivity index (χ0v) is 14.2. The summed E-state index contributed by atoms with van der Waals surface area (Å²) in [7, 11) is 0. The fraction of sp³-hybridized carbons (Fsp3) is 0.409. The lowest BCUT2D eigenvalue weighted by molar-refractivity contribution is 0.0953. The van der Waals surface area contributed by atoms with Crippen molar-refractivity contribution in [2.45, 2.75) is 57.8 Å². The van der Waals surface area contributed by atoms with E-state index in [1.807, 2.05) is 48.5 Å². The van der Waals surface area contributed by atoms with E-state index in [1.165, 1.54) is 32.1 Å². The molecule has 0 saturated carbocycles. The fourth-order valence-corrected chi connectivity index (χ4v) is 3.07. The first-order valence-electron chi connectivity index (χ1n) is 8.97. The Hall–Kier alpha value is -1.89. The molecule has 0 aliphatic rings. The van der Waals surface area contributed by atoms with Crippen LogP contribution < -0.4 is 0 Å². The van der Waals surface area contributed by atoms with Crippen LogP contribution in [0.4, 0.5) is 0 Å². The monoisotopic (exact) mass is 308 g/mol. The van der Waals surface area contributed by atoms with Gasteiger partial charge in [-0.3, -0.25) is 4.79 Å². The molecular formula is C22H28O. The van der Waals surface area contributed by atoms with Crippen molar-refractivity contribution in [2.24, 2.45) is 0 Å². The lowest BCUT2D eigenvalue weighted by Gasteiger charge is -2.16. The van der Waals surface area contributed by atoms with Gasteiger partial charge in [0.05, 0.1) is 0 Å². The maximum absolute atomic E-state index is 12.9. The number of rotatable bonds is 10. The van der Waals surface area contributed by atoms with Crippen LogP contribution in [0, 0.1) is 0 Å². The molecule has 1 heteroatoms. The second-order valence-electron chi connectivity index (χ2n) is 6.25. The number of benzene rings is 2. The van der Waals surface area contributed by atoms with E-state index in [9.17, 15) is 4.79 Å². The van der Waals surface area contributed by atoms with E-state index < -0.39 is 0 Å². The molecule has 1 nitrogen and oxygen atoms in total. The second-order valence-corrected chi connectivity index (χ2v) is 6.25. The first-order chi connectivity index (χ1) is 11.3. The summed E-state index contributed by atoms with van der Waals surface area (Å²) in [5, 5.41) is 0. The van der Waals surface area contributed by atoms with E-state index in [1.54, 1.807) is 0 Å². The van der Waals surface area contributed by atoms with Crippen molar-refractivity contribution in [3.63, 3.8) is 0 Å². The number of carbonyl (C=O) groups excluding carboxylic acids is 1. The average molecular weight is 308 g/mol. The summed E-state index contributed by atoms with van der Waals surface area (Å²) < 4.78 is 0. The summed E-state index contributed by atoms with van der Waals surface area (Å²) in [6.07, 6.45) is 8.51. The minimum absolute atomic E-state index is 0.00947. The van der Waals surface area contributed by atoms with Crippen molar-refractivity contribution in [3.8, 4) is 0 Å². The molecule has 0 radical (unpaired) electrons. The quantitative estimate of drug-likeness (QED) is 0.366. The third-order valence-corrected chi connectivity index (χ3v) is 4.42. The minimum atomic E-state index is -0.00947. The van der Waals surface area contributed by atoms with Crippen LogP contribution in [0.25, 0.3) is 0 Å². The molecule has 0 aliphatic heterocycles. The Labute approximate surface area is 140 Å². The molecule has 0 unspecified atom stereocenters. The maximum atomic E-state index is 12.9. The van der Waals surface area contributed by atoms with Crippen molar-refractivity contribution in [3.05, 3.63) is 71.8 Å². The lowest BCUT2D eigenvalue weighted by Crippen LogP contribution is -2.13. The molecule has 2 rings (SSSR count). The van der Waals surface area contributed by atoms with Crippen LogP contribution in [-0.2, 0) is 0 Å². The van der Waals surface area contributed by atoms with Crippen molar-refractivity contribution >= 4 is 5.78 Å². The van der Waals surface area contributed by atoms with Crippen LogP contribution in [0.2, 0.25) is 0 Å². The Kier molecular flexibility index (Phi) is 7.59. The Morgan fingerprint density at radius 1 is 0.783 bits per heavy atom. The highest BCUT2D eigenvalue weighted by Gasteiger charge is 2.21. The van der Waals surface area contributed by atoms with E-state index in [-0.39, 0.29) is 11.7 Å². The number of carbonyl (C=O) groups is 1. The predicted molar refractivity (Wildman–Crippen MR) is 97.9 cm³/mol. The van der Waals surface area contributed by atoms with Gasteiger partial charge >= 0.3 is 0 Å². The summed E-state index contributed by atoms with van der Waals surface area (Å²) in [5.41, 5.74) is 1.97. The first kappa shape index (κ1) is 17.5. The van der Waals surface area contributed by atoms with Crippen molar-refractivity contribution in [1.82, 2.24) is 0 Å². The summed E-state index contributed by atoms with van der Waals surface area (Å²) in [5.74, 6) is 0.245. The number of hydrogen-bond acceptors (Lipinski definition) is 1. The van der Waals surface area contributed by atoms with Crippen LogP contribution in [0.15, 0.2) is 60.7 Å². The van der Waals surface area contributed by atoms with E-state index in [4.69, 9.17) is 0 Å². The van der Waals surface area contributed by atoms with Crippen molar-refractivity contribution in [1.29, 1.82) is 0 Å². The predicted octanol–water partition coefficient (Wildman–Crippen LogP) is 6.40. The van der Waals surface area contributed by atoms with E-state index in [0.717, 1.165) is 24.0 Å². The van der Waals surface area contributed by atoms with Gasteiger partial charge in [0.15, 0.2) is 5.78 Å². The van der Waals surface area contributed by atoms with Crippen molar-refractivity contribution < 1.29 is 4.79 Å². The van der Waals surface area contributed by atoms with Gasteiger partial charge in [-0.25, -0.2) is 0 Å². The van der Waals surface area contributed by atoms with Gasteiger partial charge < -0.3 is 0 Å². The Morgan fingerprint density at radius 3 is 2.00 bits per heavy atom. The second kappa shape index (κ2) is 9.99. The third kappa shape index (κ3) is 5.67. The zero-order chi connectivity index (χ0) is 16.3. The van der Waals surface area contributed by atoms with Gasteiger partial charge in [0, 0.05) is 11.5 Å². The van der Waals surface area contributed by atoms with Crippen LogP contribution in [0.3, 0.4) is 0 Å². The van der Waals surface area contributed by atoms with Gasteiger partial charge in [0.2, 0.25) is 0 Å². The smallest absolute Gasteiger partial charge is 0.170 e. The number of hydrogen-bond donors (Lipinski definition) is 0. The molecule has 0 spiro atoms. The Morgan fingerprint density at radius 2 is 1.35 bits per heavy atom. The molecule has 0 amide bonds. The summed E-state index contributed by atoms with van der Waals surface area (Å²) in [4.78, 5) is 12.9. The SMILES string of the molecule is CCCCCCCC[C@@H](C(=O)c1ccccc1)c1ccccc1. The topological polar surface area (TPSA) is 17.1 Å². The number of Topliss-reactive ketones (excluding diaryl/α,β-unsaturated/α-hetero) is 1. The molecule has 0 aromatic heterocycles. The van der Waals surface area contributed by atoms with Gasteiger partial charge in [-0.05, 0) is 12.0 Å². The molecule has 0 aliphatic carbocycles. The average Bonchev–Trinajstić information content (AvgIpc) is 2.62. The number of unbranched alkanes of at least 4 members (excludes halogenated alkanes) is 5. The zero-order valence-electron chi connectivity index (χ0n) is 14.2. The van der Waals surface area contributed by atoms with Crippen LogP contribution in [0.1, 0.15) is 73.7 Å². The molecule has 1 atom stereocenters. The van der Waals surface area contributed by atoms with Gasteiger partial charge in [0.25, 0.3) is 0 Å². The standard InChI is InChI=1S/C22H28O/c1-2-3-4-5-6-13-18-21(19-14-9-7-10-15-19)22(23)20-16-11-8-12-17-20/h7-12,14-17,21H,2-6,13,18H2,1H3/t21-/m1/s1. The molecule has 122 valence electrons. The molecule has 0 bridgehead atoms. The molecule has 0 fully saturated rings. The highest BCUT2D eigenvalue weighted by molar-refractivity contribution is 6.00. The summed E-state index contributed by atoms with van der Waals surface area (Å²) >= 11 is 0. The van der Waals surface area contributed by atoms with Gasteiger partial charge in [-0.15, -0.1) is 0 Å². The first-order valence-corrected chi connectivity index (χ1v) is 8.97. The lowest BCUT2D eigenvalue weighted by atomic mass is 9.86. The van der Waals surface area contributed by atoms with Crippen LogP contribution in [0.5, 0.6) is 0 Å². The minimum Gasteiger partial charge on any atom is -0.293 e. The molecule has 0 saturated heterocycles. The van der Waals surface area contributed by atoms with Gasteiger partial charge in [0.1, 0.15) is 0 Å². The third-order valence-electron chi connectivity index (χ3n) is 4.42. The van der Waals surface area contributed by atoms with E-state index in [2.05, 4.69) is 19.1 Å². The summed E-state index contributed by atoms with van der Waals surface area (Å²) in [6, 6.07) is 20.0. The summed E-state index contributed by atoms with van der Waals surface area (Å²) in [6.45, 7) is 2.24.